The van der Waals surface area contributed by atoms with Gasteiger partial charge in [-0.1, -0.05) is 0 Å². The Hall–Kier alpha value is -1.61. The van der Waals surface area contributed by atoms with Crippen LogP contribution in [0.2, 0.25) is 0 Å². The molecule has 0 bridgehead atoms. The summed E-state index contributed by atoms with van der Waals surface area (Å²) < 4.78 is 19.3. The summed E-state index contributed by atoms with van der Waals surface area (Å²) in [5.41, 5.74) is 6.64. The lowest BCUT2D eigenvalue weighted by Gasteiger charge is -2.32. The lowest BCUT2D eigenvalue weighted by Crippen LogP contribution is -2.39. The number of benzene rings is 1. The molecular weight excluding hydrogens is 365 g/mol. The number of primary amides is 1. The number of rotatable bonds is 6. The van der Waals surface area contributed by atoms with Gasteiger partial charge in [-0.15, -0.1) is 11.8 Å². The van der Waals surface area contributed by atoms with Gasteiger partial charge in [-0.25, -0.2) is 9.18 Å². The fourth-order valence-electron chi connectivity index (χ4n) is 2.80. The Balaban J connectivity index is 1.60. The third-order valence-electron chi connectivity index (χ3n) is 3.99. The predicted molar refractivity (Wildman–Crippen MR) is 100 cm³/mol. The van der Waals surface area contributed by atoms with Crippen LogP contribution in [0, 0.1) is 0 Å². The number of cyclic esters (lactones) is 1. The minimum Gasteiger partial charge on any atom is -0.443 e. The third kappa shape index (κ3) is 4.52. The fourth-order valence-corrected chi connectivity index (χ4v) is 4.42. The fraction of sp³-hybridized carbons (Fsp3) is 0.500. The second-order valence-corrected chi connectivity index (χ2v) is 8.00. The number of nitrogens with zero attached hydrogens (tertiary/aromatic N) is 2. The van der Waals surface area contributed by atoms with Crippen molar-refractivity contribution in [1.82, 2.24) is 0 Å². The minimum absolute atomic E-state index is 0.210. The Bertz CT molecular complexity index is 632. The second-order valence-electron chi connectivity index (χ2n) is 5.82. The molecule has 2 heterocycles. The number of hydrogen-bond acceptors (Lipinski definition) is 6. The molecule has 0 aromatic heterocycles. The molecule has 2 N–H and O–H groups in total. The molecule has 2 saturated heterocycles. The summed E-state index contributed by atoms with van der Waals surface area (Å²) in [7, 11) is 0. The van der Waals surface area contributed by atoms with Crippen molar-refractivity contribution in [3.8, 4) is 0 Å². The minimum atomic E-state index is -0.979. The lowest BCUT2D eigenvalue weighted by atomic mass is 10.2. The zero-order valence-corrected chi connectivity index (χ0v) is 15.2. The van der Waals surface area contributed by atoms with E-state index >= 15 is 0 Å². The van der Waals surface area contributed by atoms with E-state index in [2.05, 4.69) is 0 Å². The maximum atomic E-state index is 14.0. The van der Waals surface area contributed by atoms with E-state index in [9.17, 15) is 14.0 Å². The number of alkyl halides is 1. The quantitative estimate of drug-likeness (QED) is 0.756. The molecule has 0 spiro atoms. The highest BCUT2D eigenvalue weighted by atomic mass is 32.2. The molecule has 2 unspecified atom stereocenters. The molecule has 0 aliphatic carbocycles. The van der Waals surface area contributed by atoms with Crippen LogP contribution in [0.4, 0.5) is 20.6 Å². The average Bonchev–Trinajstić information content (AvgIpc) is 2.96. The van der Waals surface area contributed by atoms with Crippen LogP contribution < -0.4 is 15.5 Å². The molecular formula is C16H20FN3O3S2. The van der Waals surface area contributed by atoms with Gasteiger partial charge in [-0.05, 0) is 24.3 Å². The van der Waals surface area contributed by atoms with E-state index in [1.807, 2.05) is 24.3 Å². The van der Waals surface area contributed by atoms with Gasteiger partial charge < -0.3 is 15.4 Å². The van der Waals surface area contributed by atoms with Crippen LogP contribution in [-0.2, 0) is 9.53 Å². The Kier molecular flexibility index (Phi) is 5.95. The highest BCUT2D eigenvalue weighted by Crippen LogP contribution is 2.29. The van der Waals surface area contributed by atoms with E-state index in [4.69, 9.17) is 10.5 Å². The highest BCUT2D eigenvalue weighted by molar-refractivity contribution is 8.00. The molecule has 3 rings (SSSR count). The molecule has 25 heavy (non-hydrogen) atoms. The SMILES string of the molecule is NC(=O)CSCC1CN(c2ccc(N3CCSCC3F)cc2)C(=O)O1. The number of ether oxygens (including phenoxy) is 1. The first-order chi connectivity index (χ1) is 12.0. The first-order valence-electron chi connectivity index (χ1n) is 7.97. The molecule has 2 atom stereocenters. The standard InChI is InChI=1S/C16H20FN3O3S2/c17-14-9-24-6-5-19(14)11-1-3-12(4-2-11)20-7-13(23-16(20)22)8-25-10-15(18)21/h1-4,13-14H,5-10H2,(H2,18,21). The van der Waals surface area contributed by atoms with Gasteiger partial charge in [0.05, 0.1) is 12.3 Å². The van der Waals surface area contributed by atoms with Gasteiger partial charge in [-0.2, -0.15) is 11.8 Å². The van der Waals surface area contributed by atoms with E-state index in [1.54, 1.807) is 21.6 Å². The van der Waals surface area contributed by atoms with Crippen molar-refractivity contribution in [2.75, 3.05) is 45.9 Å². The zero-order valence-electron chi connectivity index (χ0n) is 13.6. The number of nitrogens with two attached hydrogens (primary N) is 1. The van der Waals surface area contributed by atoms with Crippen molar-refractivity contribution in [3.05, 3.63) is 24.3 Å². The van der Waals surface area contributed by atoms with Gasteiger partial charge in [0.2, 0.25) is 5.91 Å². The van der Waals surface area contributed by atoms with Crippen LogP contribution in [0.3, 0.4) is 0 Å². The van der Waals surface area contributed by atoms with E-state index in [0.29, 0.717) is 24.6 Å². The number of carbonyl (C=O) groups is 2. The topological polar surface area (TPSA) is 75.9 Å². The Morgan fingerprint density at radius 3 is 2.76 bits per heavy atom. The molecule has 2 aliphatic heterocycles. The summed E-state index contributed by atoms with van der Waals surface area (Å²) in [5, 5.41) is 0. The third-order valence-corrected chi connectivity index (χ3v) is 6.06. The van der Waals surface area contributed by atoms with Crippen LogP contribution in [0.1, 0.15) is 0 Å². The second kappa shape index (κ2) is 8.18. The zero-order chi connectivity index (χ0) is 17.8. The maximum Gasteiger partial charge on any atom is 0.414 e. The number of carbonyl (C=O) groups excluding carboxylic acids is 2. The largest absolute Gasteiger partial charge is 0.443 e. The van der Waals surface area contributed by atoms with Gasteiger partial charge in [-0.3, -0.25) is 9.69 Å². The van der Waals surface area contributed by atoms with Crippen molar-refractivity contribution in [1.29, 1.82) is 0 Å². The van der Waals surface area contributed by atoms with Crippen LogP contribution >= 0.6 is 23.5 Å². The molecule has 9 heteroatoms. The lowest BCUT2D eigenvalue weighted by molar-refractivity contribution is -0.115. The van der Waals surface area contributed by atoms with Crippen molar-refractivity contribution in [3.63, 3.8) is 0 Å². The van der Waals surface area contributed by atoms with E-state index in [1.165, 1.54) is 11.8 Å². The molecule has 0 radical (unpaired) electrons. The number of thioether (sulfide) groups is 2. The van der Waals surface area contributed by atoms with E-state index in [0.717, 1.165) is 17.1 Å². The maximum absolute atomic E-state index is 14.0. The normalized spacial score (nSPS) is 23.6. The van der Waals surface area contributed by atoms with E-state index < -0.39 is 12.4 Å². The average molecular weight is 385 g/mol. The summed E-state index contributed by atoms with van der Waals surface area (Å²) in [4.78, 5) is 26.1. The number of hydrogen-bond donors (Lipinski definition) is 1. The molecule has 6 nitrogen and oxygen atoms in total. The summed E-state index contributed by atoms with van der Waals surface area (Å²) >= 11 is 2.97. The first-order valence-corrected chi connectivity index (χ1v) is 10.3. The summed E-state index contributed by atoms with van der Waals surface area (Å²) in [6, 6.07) is 7.29. The number of anilines is 2. The Morgan fingerprint density at radius 1 is 1.36 bits per heavy atom. The summed E-state index contributed by atoms with van der Waals surface area (Å²) in [5.74, 6) is 1.74. The van der Waals surface area contributed by atoms with Crippen molar-refractivity contribution >= 4 is 46.9 Å². The molecule has 136 valence electrons. The predicted octanol–water partition coefficient (Wildman–Crippen LogP) is 2.08. The van der Waals surface area contributed by atoms with Crippen molar-refractivity contribution < 1.29 is 18.7 Å². The number of amides is 2. The van der Waals surface area contributed by atoms with Gasteiger partial charge in [0, 0.05) is 35.2 Å². The molecule has 0 saturated carbocycles. The van der Waals surface area contributed by atoms with Gasteiger partial charge in [0.15, 0.2) is 6.30 Å². The molecule has 2 fully saturated rings. The Labute approximate surface area is 154 Å². The van der Waals surface area contributed by atoms with Crippen molar-refractivity contribution in [2.45, 2.75) is 12.4 Å². The molecule has 1 aromatic carbocycles. The highest BCUT2D eigenvalue weighted by Gasteiger charge is 2.32. The monoisotopic (exact) mass is 385 g/mol. The van der Waals surface area contributed by atoms with Gasteiger partial charge >= 0.3 is 6.09 Å². The first kappa shape index (κ1) is 18.2. The van der Waals surface area contributed by atoms with Crippen LogP contribution in [-0.4, -0.2) is 60.5 Å². The van der Waals surface area contributed by atoms with E-state index in [-0.39, 0.29) is 17.8 Å². The van der Waals surface area contributed by atoms with Crippen LogP contribution in [0.25, 0.3) is 0 Å². The molecule has 2 aliphatic rings. The number of halogens is 1. The smallest absolute Gasteiger partial charge is 0.414 e. The van der Waals surface area contributed by atoms with Crippen LogP contribution in [0.5, 0.6) is 0 Å². The molecule has 2 amide bonds. The van der Waals surface area contributed by atoms with Gasteiger partial charge in [0.25, 0.3) is 0 Å². The molecule has 1 aromatic rings. The summed E-state index contributed by atoms with van der Waals surface area (Å²) in [6.45, 7) is 1.10. The summed E-state index contributed by atoms with van der Waals surface area (Å²) in [6.07, 6.45) is -1.66. The van der Waals surface area contributed by atoms with Gasteiger partial charge in [0.1, 0.15) is 6.10 Å². The Morgan fingerprint density at radius 2 is 2.08 bits per heavy atom. The van der Waals surface area contributed by atoms with Crippen LogP contribution in [0.15, 0.2) is 24.3 Å². The van der Waals surface area contributed by atoms with Crippen molar-refractivity contribution in [2.24, 2.45) is 5.73 Å².